The number of rotatable bonds is 3. The lowest BCUT2D eigenvalue weighted by atomic mass is 9.96. The van der Waals surface area contributed by atoms with Crippen LogP contribution in [0, 0.1) is 0 Å². The summed E-state index contributed by atoms with van der Waals surface area (Å²) in [7, 11) is 0. The van der Waals surface area contributed by atoms with E-state index in [1.54, 1.807) is 10.9 Å². The van der Waals surface area contributed by atoms with Crippen molar-refractivity contribution >= 4 is 5.91 Å². The van der Waals surface area contributed by atoms with Crippen molar-refractivity contribution in [3.05, 3.63) is 18.5 Å². The van der Waals surface area contributed by atoms with Crippen molar-refractivity contribution in [2.24, 2.45) is 5.73 Å². The lowest BCUT2D eigenvalue weighted by Gasteiger charge is -2.39. The molecule has 0 radical (unpaired) electrons. The van der Waals surface area contributed by atoms with Gasteiger partial charge in [0.2, 0.25) is 5.91 Å². The highest BCUT2D eigenvalue weighted by Crippen LogP contribution is 2.22. The summed E-state index contributed by atoms with van der Waals surface area (Å²) >= 11 is 0. The Hall–Kier alpha value is -1.36. The zero-order valence-corrected chi connectivity index (χ0v) is 11.1. The zero-order valence-electron chi connectivity index (χ0n) is 11.1. The first-order valence-electron chi connectivity index (χ1n) is 6.66. The Bertz CT molecular complexity index is 388. The zero-order chi connectivity index (χ0) is 13.1. The summed E-state index contributed by atoms with van der Waals surface area (Å²) in [5.41, 5.74) is 6.00. The van der Waals surface area contributed by atoms with E-state index in [1.807, 2.05) is 31.0 Å². The summed E-state index contributed by atoms with van der Waals surface area (Å²) in [5, 5.41) is 4.14. The Kier molecular flexibility index (Phi) is 4.01. The van der Waals surface area contributed by atoms with E-state index < -0.39 is 0 Å². The van der Waals surface area contributed by atoms with Gasteiger partial charge in [-0.2, -0.15) is 5.10 Å². The van der Waals surface area contributed by atoms with Crippen molar-refractivity contribution < 1.29 is 4.79 Å². The van der Waals surface area contributed by atoms with Crippen molar-refractivity contribution in [3.8, 4) is 0 Å². The molecule has 0 bridgehead atoms. The maximum absolute atomic E-state index is 12.5. The molecule has 0 aromatic carbocycles. The van der Waals surface area contributed by atoms with Gasteiger partial charge in [-0.25, -0.2) is 0 Å². The highest BCUT2D eigenvalue weighted by atomic mass is 16.2. The van der Waals surface area contributed by atoms with Crippen molar-refractivity contribution in [1.82, 2.24) is 14.7 Å². The average molecular weight is 250 g/mol. The minimum Gasteiger partial charge on any atom is -0.336 e. The minimum atomic E-state index is -0.251. The molecule has 1 aliphatic heterocycles. The largest absolute Gasteiger partial charge is 0.336 e. The van der Waals surface area contributed by atoms with Crippen LogP contribution in [-0.4, -0.2) is 39.2 Å². The standard InChI is InChI=1S/C13H22N4O/c1-10(14)12-6-3-4-8-16(12)13(18)11(2)17-9-5-7-15-17/h5,7,9-12H,3-4,6,8,14H2,1-2H3. The number of aromatic nitrogens is 2. The van der Waals surface area contributed by atoms with E-state index in [0.717, 1.165) is 25.8 Å². The number of nitrogens with two attached hydrogens (primary N) is 1. The molecule has 0 saturated carbocycles. The van der Waals surface area contributed by atoms with Crippen molar-refractivity contribution in [2.75, 3.05) is 6.54 Å². The van der Waals surface area contributed by atoms with Gasteiger partial charge >= 0.3 is 0 Å². The summed E-state index contributed by atoms with van der Waals surface area (Å²) in [6.07, 6.45) is 6.76. The van der Waals surface area contributed by atoms with Gasteiger partial charge in [-0.1, -0.05) is 0 Å². The Morgan fingerprint density at radius 3 is 2.83 bits per heavy atom. The number of piperidine rings is 1. The van der Waals surface area contributed by atoms with Gasteiger partial charge < -0.3 is 10.6 Å². The molecule has 0 aliphatic carbocycles. The Morgan fingerprint density at radius 1 is 1.44 bits per heavy atom. The van der Waals surface area contributed by atoms with Crippen LogP contribution in [0.4, 0.5) is 0 Å². The molecule has 5 nitrogen and oxygen atoms in total. The molecule has 5 heteroatoms. The number of amides is 1. The summed E-state index contributed by atoms with van der Waals surface area (Å²) in [5.74, 6) is 0.126. The summed E-state index contributed by atoms with van der Waals surface area (Å²) in [6.45, 7) is 4.69. The third kappa shape index (κ3) is 2.56. The molecule has 1 fully saturated rings. The van der Waals surface area contributed by atoms with Crippen LogP contribution in [0.5, 0.6) is 0 Å². The van der Waals surface area contributed by atoms with Crippen LogP contribution in [0.15, 0.2) is 18.5 Å². The van der Waals surface area contributed by atoms with Crippen LogP contribution in [-0.2, 0) is 4.79 Å². The van der Waals surface area contributed by atoms with E-state index in [0.29, 0.717) is 0 Å². The Balaban J connectivity index is 2.11. The molecule has 100 valence electrons. The fraction of sp³-hybridized carbons (Fsp3) is 0.692. The molecule has 1 aliphatic rings. The number of nitrogens with zero attached hydrogens (tertiary/aromatic N) is 3. The molecular formula is C13H22N4O. The molecule has 18 heavy (non-hydrogen) atoms. The van der Waals surface area contributed by atoms with Gasteiger partial charge in [0.05, 0.1) is 0 Å². The van der Waals surface area contributed by atoms with Gasteiger partial charge in [0, 0.05) is 31.0 Å². The molecule has 0 spiro atoms. The first-order chi connectivity index (χ1) is 8.61. The number of hydrogen-bond donors (Lipinski definition) is 1. The van der Waals surface area contributed by atoms with Crippen molar-refractivity contribution in [3.63, 3.8) is 0 Å². The molecule has 1 saturated heterocycles. The second-order valence-electron chi connectivity index (χ2n) is 5.12. The highest BCUT2D eigenvalue weighted by molar-refractivity contribution is 5.80. The van der Waals surface area contributed by atoms with Gasteiger partial charge in [0.25, 0.3) is 0 Å². The maximum Gasteiger partial charge on any atom is 0.247 e. The number of carbonyl (C=O) groups excluding carboxylic acids is 1. The molecule has 2 heterocycles. The number of carbonyl (C=O) groups is 1. The SMILES string of the molecule is CC(N)C1CCCCN1C(=O)C(C)n1cccn1. The van der Waals surface area contributed by atoms with Gasteiger partial charge in [0.15, 0.2) is 0 Å². The Labute approximate surface area is 108 Å². The van der Waals surface area contributed by atoms with Gasteiger partial charge in [-0.05, 0) is 39.2 Å². The van der Waals surface area contributed by atoms with Crippen LogP contribution in [0.1, 0.15) is 39.2 Å². The smallest absolute Gasteiger partial charge is 0.247 e. The van der Waals surface area contributed by atoms with E-state index in [1.165, 1.54) is 0 Å². The highest BCUT2D eigenvalue weighted by Gasteiger charge is 2.32. The predicted octanol–water partition coefficient (Wildman–Crippen LogP) is 1.17. The lowest BCUT2D eigenvalue weighted by molar-refractivity contribution is -0.138. The molecule has 3 unspecified atom stereocenters. The van der Waals surface area contributed by atoms with E-state index in [9.17, 15) is 4.79 Å². The van der Waals surface area contributed by atoms with Crippen LogP contribution in [0.25, 0.3) is 0 Å². The van der Waals surface area contributed by atoms with E-state index in [4.69, 9.17) is 5.73 Å². The first kappa shape index (κ1) is 13.1. The van der Waals surface area contributed by atoms with Gasteiger partial charge in [0.1, 0.15) is 6.04 Å². The summed E-state index contributed by atoms with van der Waals surface area (Å²) in [4.78, 5) is 14.5. The van der Waals surface area contributed by atoms with E-state index in [-0.39, 0.29) is 24.0 Å². The summed E-state index contributed by atoms with van der Waals surface area (Å²) < 4.78 is 1.70. The van der Waals surface area contributed by atoms with Crippen LogP contribution >= 0.6 is 0 Å². The van der Waals surface area contributed by atoms with Crippen molar-refractivity contribution in [1.29, 1.82) is 0 Å². The second-order valence-corrected chi connectivity index (χ2v) is 5.12. The monoisotopic (exact) mass is 250 g/mol. The normalized spacial score (nSPS) is 23.7. The van der Waals surface area contributed by atoms with Crippen molar-refractivity contribution in [2.45, 2.75) is 51.2 Å². The lowest BCUT2D eigenvalue weighted by Crippen LogP contribution is -2.53. The van der Waals surface area contributed by atoms with Gasteiger partial charge in [-0.15, -0.1) is 0 Å². The maximum atomic E-state index is 12.5. The van der Waals surface area contributed by atoms with Crippen LogP contribution in [0.3, 0.4) is 0 Å². The number of hydrogen-bond acceptors (Lipinski definition) is 3. The fourth-order valence-electron chi connectivity index (χ4n) is 2.64. The summed E-state index contributed by atoms with van der Waals surface area (Å²) in [6, 6.07) is 1.78. The first-order valence-corrected chi connectivity index (χ1v) is 6.66. The van der Waals surface area contributed by atoms with E-state index >= 15 is 0 Å². The second kappa shape index (κ2) is 5.52. The fourth-order valence-corrected chi connectivity index (χ4v) is 2.64. The third-order valence-electron chi connectivity index (χ3n) is 3.72. The van der Waals surface area contributed by atoms with Crippen LogP contribution < -0.4 is 5.73 Å². The number of likely N-dealkylation sites (tertiary alicyclic amines) is 1. The van der Waals surface area contributed by atoms with Crippen LogP contribution in [0.2, 0.25) is 0 Å². The van der Waals surface area contributed by atoms with Gasteiger partial charge in [-0.3, -0.25) is 9.48 Å². The Morgan fingerprint density at radius 2 is 2.22 bits per heavy atom. The quantitative estimate of drug-likeness (QED) is 0.876. The molecular weight excluding hydrogens is 228 g/mol. The molecule has 2 rings (SSSR count). The molecule has 3 atom stereocenters. The molecule has 1 aromatic rings. The molecule has 2 N–H and O–H groups in total. The average Bonchev–Trinajstić information content (AvgIpc) is 2.90. The predicted molar refractivity (Wildman–Crippen MR) is 69.9 cm³/mol. The third-order valence-corrected chi connectivity index (χ3v) is 3.72. The topological polar surface area (TPSA) is 64.2 Å². The minimum absolute atomic E-state index is 0.0269. The van der Waals surface area contributed by atoms with E-state index in [2.05, 4.69) is 5.10 Å². The molecule has 1 amide bonds. The molecule has 1 aromatic heterocycles.